The van der Waals surface area contributed by atoms with Crippen LogP contribution in [-0.2, 0) is 0 Å². The minimum absolute atomic E-state index is 0.121. The van der Waals surface area contributed by atoms with Crippen molar-refractivity contribution in [2.24, 2.45) is 17.0 Å². The van der Waals surface area contributed by atoms with Crippen LogP contribution in [0.1, 0.15) is 32.1 Å². The lowest BCUT2D eigenvalue weighted by atomic mass is 9.90. The first-order valence-electron chi connectivity index (χ1n) is 6.43. The van der Waals surface area contributed by atoms with Crippen LogP contribution in [0.5, 0.6) is 0 Å². The lowest BCUT2D eigenvalue weighted by Gasteiger charge is -2.38. The van der Waals surface area contributed by atoms with E-state index in [2.05, 4.69) is 10.1 Å². The van der Waals surface area contributed by atoms with E-state index in [0.717, 1.165) is 31.6 Å². The Labute approximate surface area is 95.9 Å². The van der Waals surface area contributed by atoms with Crippen LogP contribution >= 0.6 is 0 Å². The summed E-state index contributed by atoms with van der Waals surface area (Å²) in [6.07, 6.45) is 5.32. The SMILES string of the molecule is O/N=C1/[C@H]2CC[C@H](C2)[C@@H]1N1CCC(O)CC1. The van der Waals surface area contributed by atoms with Gasteiger partial charge in [0.25, 0.3) is 0 Å². The van der Waals surface area contributed by atoms with Gasteiger partial charge in [-0.15, -0.1) is 0 Å². The van der Waals surface area contributed by atoms with E-state index >= 15 is 0 Å². The number of oxime groups is 1. The standard InChI is InChI=1S/C12H20N2O2/c15-10-3-5-14(6-4-10)12-9-2-1-8(7-9)11(12)13-16/h8-10,12,15-16H,1-7H2/b13-11-/t8-,9+,12-/m0/s1. The Morgan fingerprint density at radius 3 is 2.56 bits per heavy atom. The molecule has 0 aromatic heterocycles. The number of aliphatic hydroxyl groups is 1. The summed E-state index contributed by atoms with van der Waals surface area (Å²) < 4.78 is 0. The molecule has 2 saturated carbocycles. The molecular formula is C12H20N2O2. The van der Waals surface area contributed by atoms with E-state index in [-0.39, 0.29) is 6.10 Å². The van der Waals surface area contributed by atoms with Gasteiger partial charge in [0, 0.05) is 19.0 Å². The Morgan fingerprint density at radius 1 is 1.12 bits per heavy atom. The quantitative estimate of drug-likeness (QED) is 0.517. The summed E-state index contributed by atoms with van der Waals surface area (Å²) in [6.45, 7) is 1.90. The molecule has 1 aliphatic heterocycles. The highest BCUT2D eigenvalue weighted by Gasteiger charge is 2.48. The molecule has 2 N–H and O–H groups in total. The molecule has 0 aromatic carbocycles. The lowest BCUT2D eigenvalue weighted by molar-refractivity contribution is 0.0633. The van der Waals surface area contributed by atoms with Gasteiger partial charge >= 0.3 is 0 Å². The third-order valence-corrected chi connectivity index (χ3v) is 4.65. The van der Waals surface area contributed by atoms with Crippen molar-refractivity contribution in [3.63, 3.8) is 0 Å². The minimum Gasteiger partial charge on any atom is -0.411 e. The summed E-state index contributed by atoms with van der Waals surface area (Å²) in [5, 5.41) is 22.2. The Hall–Kier alpha value is -0.610. The molecule has 3 fully saturated rings. The fraction of sp³-hybridized carbons (Fsp3) is 0.917. The largest absolute Gasteiger partial charge is 0.411 e. The number of rotatable bonds is 1. The smallest absolute Gasteiger partial charge is 0.0775 e. The predicted molar refractivity (Wildman–Crippen MR) is 60.7 cm³/mol. The Morgan fingerprint density at radius 2 is 1.88 bits per heavy atom. The number of fused-ring (bicyclic) bond motifs is 2. The molecule has 0 unspecified atom stereocenters. The molecule has 0 amide bonds. The summed E-state index contributed by atoms with van der Waals surface area (Å²) in [6, 6.07) is 0.372. The third kappa shape index (κ3) is 1.55. The second kappa shape index (κ2) is 4.00. The van der Waals surface area contributed by atoms with Gasteiger partial charge in [0.15, 0.2) is 0 Å². The van der Waals surface area contributed by atoms with Gasteiger partial charge in [-0.2, -0.15) is 0 Å². The van der Waals surface area contributed by atoms with E-state index in [4.69, 9.17) is 5.21 Å². The van der Waals surface area contributed by atoms with E-state index in [1.165, 1.54) is 19.3 Å². The van der Waals surface area contributed by atoms with Gasteiger partial charge in [-0.1, -0.05) is 5.16 Å². The average molecular weight is 224 g/mol. The van der Waals surface area contributed by atoms with Crippen LogP contribution in [0, 0.1) is 11.8 Å². The van der Waals surface area contributed by atoms with Gasteiger partial charge in [-0.05, 0) is 38.0 Å². The van der Waals surface area contributed by atoms with Gasteiger partial charge in [0.1, 0.15) is 0 Å². The molecule has 3 aliphatic rings. The van der Waals surface area contributed by atoms with Crippen molar-refractivity contribution in [3.8, 4) is 0 Å². The highest BCUT2D eigenvalue weighted by molar-refractivity contribution is 5.94. The van der Waals surface area contributed by atoms with Gasteiger partial charge in [0.2, 0.25) is 0 Å². The minimum atomic E-state index is -0.121. The van der Waals surface area contributed by atoms with E-state index in [1.54, 1.807) is 0 Å². The second-order valence-electron chi connectivity index (χ2n) is 5.51. The van der Waals surface area contributed by atoms with Crippen LogP contribution in [0.3, 0.4) is 0 Å². The van der Waals surface area contributed by atoms with Crippen molar-refractivity contribution in [3.05, 3.63) is 0 Å². The van der Waals surface area contributed by atoms with Crippen molar-refractivity contribution in [1.82, 2.24) is 4.90 Å². The summed E-state index contributed by atoms with van der Waals surface area (Å²) in [5.74, 6) is 1.23. The summed E-state index contributed by atoms with van der Waals surface area (Å²) >= 11 is 0. The number of piperidine rings is 1. The summed E-state index contributed by atoms with van der Waals surface area (Å²) in [5.41, 5.74) is 1.02. The van der Waals surface area contributed by atoms with E-state index in [1.807, 2.05) is 0 Å². The second-order valence-corrected chi connectivity index (χ2v) is 5.51. The highest BCUT2D eigenvalue weighted by atomic mass is 16.4. The monoisotopic (exact) mass is 224 g/mol. The Bertz CT molecular complexity index is 297. The zero-order valence-corrected chi connectivity index (χ0v) is 9.55. The molecule has 90 valence electrons. The molecule has 16 heavy (non-hydrogen) atoms. The van der Waals surface area contributed by atoms with Crippen molar-refractivity contribution in [2.45, 2.75) is 44.2 Å². The number of hydrogen-bond donors (Lipinski definition) is 2. The molecule has 1 saturated heterocycles. The molecule has 2 aliphatic carbocycles. The van der Waals surface area contributed by atoms with Gasteiger partial charge in [-0.3, -0.25) is 4.90 Å². The first-order chi connectivity index (χ1) is 7.79. The fourth-order valence-electron chi connectivity index (χ4n) is 3.84. The van der Waals surface area contributed by atoms with Gasteiger partial charge in [-0.25, -0.2) is 0 Å². The van der Waals surface area contributed by atoms with Crippen LogP contribution in [0.2, 0.25) is 0 Å². The zero-order chi connectivity index (χ0) is 11.1. The van der Waals surface area contributed by atoms with E-state index < -0.39 is 0 Å². The molecular weight excluding hydrogens is 204 g/mol. The van der Waals surface area contributed by atoms with Crippen molar-refractivity contribution >= 4 is 5.71 Å². The van der Waals surface area contributed by atoms with Crippen LogP contribution in [-0.4, -0.2) is 46.2 Å². The van der Waals surface area contributed by atoms with Crippen LogP contribution < -0.4 is 0 Å². The maximum Gasteiger partial charge on any atom is 0.0775 e. The van der Waals surface area contributed by atoms with Crippen LogP contribution in [0.4, 0.5) is 0 Å². The predicted octanol–water partition coefficient (Wildman–Crippen LogP) is 1.07. The lowest BCUT2D eigenvalue weighted by Crippen LogP contribution is -2.49. The molecule has 3 atom stereocenters. The summed E-state index contributed by atoms with van der Waals surface area (Å²) in [7, 11) is 0. The van der Waals surface area contributed by atoms with Crippen molar-refractivity contribution < 1.29 is 10.3 Å². The van der Waals surface area contributed by atoms with Gasteiger partial charge in [0.05, 0.1) is 17.9 Å². The average Bonchev–Trinajstić information content (AvgIpc) is 2.89. The van der Waals surface area contributed by atoms with Crippen LogP contribution in [0.25, 0.3) is 0 Å². The molecule has 2 bridgehead atoms. The number of nitrogens with zero attached hydrogens (tertiary/aromatic N) is 2. The summed E-state index contributed by atoms with van der Waals surface area (Å²) in [4.78, 5) is 2.42. The number of likely N-dealkylation sites (tertiary alicyclic amines) is 1. The van der Waals surface area contributed by atoms with Gasteiger partial charge < -0.3 is 10.3 Å². The Balaban J connectivity index is 1.74. The molecule has 0 radical (unpaired) electrons. The van der Waals surface area contributed by atoms with Crippen molar-refractivity contribution in [2.75, 3.05) is 13.1 Å². The Kier molecular flexibility index (Phi) is 2.64. The molecule has 4 nitrogen and oxygen atoms in total. The van der Waals surface area contributed by atoms with Crippen LogP contribution in [0.15, 0.2) is 5.16 Å². The molecule has 0 spiro atoms. The maximum atomic E-state index is 9.52. The van der Waals surface area contributed by atoms with E-state index in [0.29, 0.717) is 17.9 Å². The first kappa shape index (κ1) is 10.5. The highest BCUT2D eigenvalue weighted by Crippen LogP contribution is 2.45. The molecule has 0 aromatic rings. The molecule has 4 heteroatoms. The van der Waals surface area contributed by atoms with Crippen molar-refractivity contribution in [1.29, 1.82) is 0 Å². The first-order valence-corrected chi connectivity index (χ1v) is 6.43. The fourth-order valence-corrected chi connectivity index (χ4v) is 3.84. The maximum absolute atomic E-state index is 9.52. The van der Waals surface area contributed by atoms with E-state index in [9.17, 15) is 5.11 Å². The molecule has 3 rings (SSSR count). The zero-order valence-electron chi connectivity index (χ0n) is 9.55. The molecule has 1 heterocycles. The number of aliphatic hydroxyl groups excluding tert-OH is 1. The topological polar surface area (TPSA) is 56.1 Å². The normalized spacial score (nSPS) is 43.3. The third-order valence-electron chi connectivity index (χ3n) is 4.65. The number of hydrogen-bond acceptors (Lipinski definition) is 4.